The van der Waals surface area contributed by atoms with Crippen LogP contribution in [-0.2, 0) is 4.79 Å². The van der Waals surface area contributed by atoms with Crippen LogP contribution in [0.2, 0.25) is 0 Å². The van der Waals surface area contributed by atoms with Crippen LogP contribution in [0.4, 0.5) is 4.39 Å². The maximum absolute atomic E-state index is 13.4. The molecule has 1 heterocycles. The summed E-state index contributed by atoms with van der Waals surface area (Å²) in [6, 6.07) is 6.24. The van der Waals surface area contributed by atoms with E-state index in [0.717, 1.165) is 25.9 Å². The van der Waals surface area contributed by atoms with Crippen molar-refractivity contribution in [2.75, 3.05) is 39.8 Å². The van der Waals surface area contributed by atoms with Crippen molar-refractivity contribution in [2.24, 2.45) is 5.92 Å². The second kappa shape index (κ2) is 8.99. The van der Waals surface area contributed by atoms with Gasteiger partial charge in [-0.15, -0.1) is 0 Å². The number of carbonyl (C=O) groups excluding carboxylic acids is 1. The number of carbonyl (C=O) groups is 1. The van der Waals surface area contributed by atoms with Gasteiger partial charge in [0.1, 0.15) is 6.61 Å². The molecule has 1 fully saturated rings. The second-order valence-electron chi connectivity index (χ2n) is 6.45. The number of benzene rings is 1. The summed E-state index contributed by atoms with van der Waals surface area (Å²) in [6.07, 6.45) is 1.57. The lowest BCUT2D eigenvalue weighted by Gasteiger charge is -2.33. The zero-order valence-electron chi connectivity index (χ0n) is 14.4. The Morgan fingerprint density at radius 3 is 2.71 bits per heavy atom. The van der Waals surface area contributed by atoms with Crippen molar-refractivity contribution >= 4 is 5.91 Å². The number of hydrogen-bond donors (Lipinski definition) is 1. The number of nitrogens with zero attached hydrogens (tertiary/aromatic N) is 2. The number of piperidine rings is 1. The number of rotatable bonds is 7. The summed E-state index contributed by atoms with van der Waals surface area (Å²) in [5.41, 5.74) is 0. The van der Waals surface area contributed by atoms with E-state index in [0.29, 0.717) is 19.0 Å². The Balaban J connectivity index is 1.68. The Morgan fingerprint density at radius 1 is 1.42 bits per heavy atom. The third-order valence-corrected chi connectivity index (χ3v) is 4.62. The lowest BCUT2D eigenvalue weighted by Crippen LogP contribution is -2.44. The Bertz CT molecular complexity index is 531. The zero-order valence-corrected chi connectivity index (χ0v) is 14.4. The predicted molar refractivity (Wildman–Crippen MR) is 90.4 cm³/mol. The molecule has 0 bridgehead atoms. The van der Waals surface area contributed by atoms with Gasteiger partial charge in [0, 0.05) is 7.05 Å². The molecule has 1 aromatic rings. The fourth-order valence-electron chi connectivity index (χ4n) is 2.88. The van der Waals surface area contributed by atoms with Gasteiger partial charge in [0.05, 0.1) is 19.2 Å². The van der Waals surface area contributed by atoms with Crippen molar-refractivity contribution in [3.8, 4) is 5.75 Å². The number of para-hydroxylation sites is 1. The molecule has 1 aliphatic rings. The smallest absolute Gasteiger partial charge is 0.236 e. The molecule has 2 rings (SSSR count). The zero-order chi connectivity index (χ0) is 17.5. The second-order valence-corrected chi connectivity index (χ2v) is 6.45. The van der Waals surface area contributed by atoms with E-state index in [4.69, 9.17) is 4.74 Å². The minimum absolute atomic E-state index is 0.0302. The van der Waals surface area contributed by atoms with Gasteiger partial charge in [-0.1, -0.05) is 12.1 Å². The first-order valence-corrected chi connectivity index (χ1v) is 8.49. The van der Waals surface area contributed by atoms with Gasteiger partial charge in [-0.2, -0.15) is 0 Å². The number of ether oxygens (including phenoxy) is 1. The summed E-state index contributed by atoms with van der Waals surface area (Å²) in [4.78, 5) is 16.0. The standard InChI is InChI=1S/C18H27FN2O3/c1-14(22)15-7-9-21(10-8-15)13-18(23)20(2)11-12-24-17-6-4-3-5-16(17)19/h3-6,14-15,22H,7-13H2,1-2H3. The highest BCUT2D eigenvalue weighted by Gasteiger charge is 2.24. The van der Waals surface area contributed by atoms with Crippen molar-refractivity contribution < 1.29 is 19.0 Å². The van der Waals surface area contributed by atoms with Crippen LogP contribution in [0, 0.1) is 11.7 Å². The molecule has 134 valence electrons. The Labute approximate surface area is 143 Å². The fourth-order valence-corrected chi connectivity index (χ4v) is 2.88. The minimum Gasteiger partial charge on any atom is -0.489 e. The topological polar surface area (TPSA) is 53.0 Å². The highest BCUT2D eigenvalue weighted by molar-refractivity contribution is 5.78. The molecule has 0 saturated carbocycles. The van der Waals surface area contributed by atoms with Crippen molar-refractivity contribution in [1.82, 2.24) is 9.80 Å². The third-order valence-electron chi connectivity index (χ3n) is 4.62. The van der Waals surface area contributed by atoms with Crippen LogP contribution in [0.3, 0.4) is 0 Å². The summed E-state index contributed by atoms with van der Waals surface area (Å²) >= 11 is 0. The lowest BCUT2D eigenvalue weighted by atomic mass is 9.92. The van der Waals surface area contributed by atoms with E-state index in [1.54, 1.807) is 30.1 Å². The summed E-state index contributed by atoms with van der Waals surface area (Å²) in [6.45, 7) is 4.55. The largest absolute Gasteiger partial charge is 0.489 e. The van der Waals surface area contributed by atoms with Crippen molar-refractivity contribution in [2.45, 2.75) is 25.9 Å². The molecule has 1 atom stereocenters. The molecule has 1 unspecified atom stereocenters. The van der Waals surface area contributed by atoms with Crippen LogP contribution in [0.15, 0.2) is 24.3 Å². The van der Waals surface area contributed by atoms with Crippen molar-refractivity contribution in [1.29, 1.82) is 0 Å². The van der Waals surface area contributed by atoms with E-state index >= 15 is 0 Å². The van der Waals surface area contributed by atoms with Crippen LogP contribution < -0.4 is 4.74 Å². The number of aliphatic hydroxyl groups is 1. The number of aliphatic hydroxyl groups excluding tert-OH is 1. The van der Waals surface area contributed by atoms with Gasteiger partial charge in [0.15, 0.2) is 11.6 Å². The van der Waals surface area contributed by atoms with Gasteiger partial charge in [0.25, 0.3) is 0 Å². The Morgan fingerprint density at radius 2 is 2.08 bits per heavy atom. The van der Waals surface area contributed by atoms with E-state index in [1.807, 2.05) is 6.92 Å². The molecule has 0 aromatic heterocycles. The number of halogens is 1. The first-order chi connectivity index (χ1) is 11.5. The van der Waals surface area contributed by atoms with Crippen molar-refractivity contribution in [3.63, 3.8) is 0 Å². The van der Waals surface area contributed by atoms with Gasteiger partial charge in [0.2, 0.25) is 5.91 Å². The molecule has 6 heteroatoms. The van der Waals surface area contributed by atoms with E-state index in [1.165, 1.54) is 6.07 Å². The van der Waals surface area contributed by atoms with E-state index in [2.05, 4.69) is 4.90 Å². The quantitative estimate of drug-likeness (QED) is 0.823. The van der Waals surface area contributed by atoms with E-state index < -0.39 is 5.82 Å². The molecule has 0 spiro atoms. The number of likely N-dealkylation sites (N-methyl/N-ethyl adjacent to an activating group) is 1. The molecule has 1 amide bonds. The predicted octanol–water partition coefficient (Wildman–Crippen LogP) is 1.76. The maximum atomic E-state index is 13.4. The summed E-state index contributed by atoms with van der Waals surface area (Å²) in [5, 5.41) is 9.61. The summed E-state index contributed by atoms with van der Waals surface area (Å²) < 4.78 is 18.8. The maximum Gasteiger partial charge on any atom is 0.236 e. The van der Waals surface area contributed by atoms with Gasteiger partial charge in [-0.25, -0.2) is 4.39 Å². The van der Waals surface area contributed by atoms with Gasteiger partial charge in [-0.3, -0.25) is 9.69 Å². The average Bonchev–Trinajstić information content (AvgIpc) is 2.57. The molecular weight excluding hydrogens is 311 g/mol. The first-order valence-electron chi connectivity index (χ1n) is 8.49. The molecule has 1 aliphatic heterocycles. The highest BCUT2D eigenvalue weighted by Crippen LogP contribution is 2.20. The normalized spacial score (nSPS) is 17.5. The van der Waals surface area contributed by atoms with Gasteiger partial charge >= 0.3 is 0 Å². The molecule has 0 aliphatic carbocycles. The minimum atomic E-state index is -0.396. The number of hydrogen-bond acceptors (Lipinski definition) is 4. The molecule has 0 radical (unpaired) electrons. The summed E-state index contributed by atoms with van der Waals surface area (Å²) in [5.74, 6) is 0.178. The number of likely N-dealkylation sites (tertiary alicyclic amines) is 1. The van der Waals surface area contributed by atoms with E-state index in [9.17, 15) is 14.3 Å². The van der Waals surface area contributed by atoms with Gasteiger partial charge < -0.3 is 14.7 Å². The van der Waals surface area contributed by atoms with Crippen LogP contribution in [0.25, 0.3) is 0 Å². The molecule has 1 N–H and O–H groups in total. The fraction of sp³-hybridized carbons (Fsp3) is 0.611. The molecule has 1 saturated heterocycles. The van der Waals surface area contributed by atoms with Crippen LogP contribution in [0.1, 0.15) is 19.8 Å². The Kier molecular flexibility index (Phi) is 6.99. The number of amides is 1. The Hall–Kier alpha value is -1.66. The van der Waals surface area contributed by atoms with Crippen molar-refractivity contribution in [3.05, 3.63) is 30.1 Å². The highest BCUT2D eigenvalue weighted by atomic mass is 19.1. The monoisotopic (exact) mass is 338 g/mol. The lowest BCUT2D eigenvalue weighted by molar-refractivity contribution is -0.131. The van der Waals surface area contributed by atoms with Crippen LogP contribution in [-0.4, -0.2) is 66.8 Å². The summed E-state index contributed by atoms with van der Waals surface area (Å²) in [7, 11) is 1.73. The van der Waals surface area contributed by atoms with E-state index in [-0.39, 0.29) is 24.4 Å². The molecular formula is C18H27FN2O3. The first kappa shape index (κ1) is 18.7. The van der Waals surface area contributed by atoms with Gasteiger partial charge in [-0.05, 0) is 50.9 Å². The molecule has 5 nitrogen and oxygen atoms in total. The SMILES string of the molecule is CC(O)C1CCN(CC(=O)N(C)CCOc2ccccc2F)CC1. The average molecular weight is 338 g/mol. The van der Waals surface area contributed by atoms with Crippen LogP contribution in [0.5, 0.6) is 5.75 Å². The molecule has 1 aromatic carbocycles. The molecule has 24 heavy (non-hydrogen) atoms. The van der Waals surface area contributed by atoms with Crippen LogP contribution >= 0.6 is 0 Å². The third kappa shape index (κ3) is 5.46.